The van der Waals surface area contributed by atoms with E-state index >= 15 is 0 Å². The lowest BCUT2D eigenvalue weighted by Crippen LogP contribution is -2.48. The Morgan fingerprint density at radius 1 is 1.14 bits per heavy atom. The van der Waals surface area contributed by atoms with Gasteiger partial charge in [0.1, 0.15) is 0 Å². The summed E-state index contributed by atoms with van der Waals surface area (Å²) in [7, 11) is 0. The first-order chi connectivity index (χ1) is 13.4. The monoisotopic (exact) mass is 385 g/mol. The van der Waals surface area contributed by atoms with Crippen LogP contribution in [0.1, 0.15) is 36.7 Å². The van der Waals surface area contributed by atoms with Gasteiger partial charge < -0.3 is 9.84 Å². The fraction of sp³-hybridized carbons (Fsp3) is 0.571. The first kappa shape index (κ1) is 20.5. The van der Waals surface area contributed by atoms with E-state index in [9.17, 15) is 4.79 Å². The van der Waals surface area contributed by atoms with Crippen molar-refractivity contribution in [3.05, 3.63) is 41.0 Å². The van der Waals surface area contributed by atoms with Crippen molar-refractivity contribution in [1.29, 1.82) is 0 Å². The van der Waals surface area contributed by atoms with Gasteiger partial charge in [-0.25, -0.2) is 0 Å². The van der Waals surface area contributed by atoms with Crippen LogP contribution in [0.3, 0.4) is 0 Å². The predicted octanol–water partition coefficient (Wildman–Crippen LogP) is 2.64. The van der Waals surface area contributed by atoms with Gasteiger partial charge in [0.15, 0.2) is 5.82 Å². The number of aryl methyl sites for hydroxylation is 2. The van der Waals surface area contributed by atoms with Gasteiger partial charge in [0, 0.05) is 38.3 Å². The number of carbonyl (C=O) groups is 1. The molecule has 152 valence electrons. The Hall–Kier alpha value is -2.25. The highest BCUT2D eigenvalue weighted by Crippen LogP contribution is 2.19. The highest BCUT2D eigenvalue weighted by atomic mass is 16.5. The van der Waals surface area contributed by atoms with Crippen LogP contribution in [0.4, 0.5) is 5.69 Å². The predicted molar refractivity (Wildman–Crippen MR) is 109 cm³/mol. The van der Waals surface area contributed by atoms with Crippen molar-refractivity contribution < 1.29 is 9.32 Å². The largest absolute Gasteiger partial charge is 0.338 e. The number of para-hydroxylation sites is 1. The standard InChI is InChI=1S/C21H31N5O2/c1-15(2)12-18-22-20(28-24-18)14-26-10-8-25(9-11-26)13-19(27)23-21-16(3)6-5-7-17(21)4/h5-7,15H,8-14H2,1-4H3,(H,23,27). The number of rotatable bonds is 7. The van der Waals surface area contributed by atoms with Gasteiger partial charge in [-0.3, -0.25) is 14.6 Å². The van der Waals surface area contributed by atoms with Crippen LogP contribution >= 0.6 is 0 Å². The molecule has 0 spiro atoms. The van der Waals surface area contributed by atoms with Gasteiger partial charge in [0.2, 0.25) is 11.8 Å². The molecule has 1 aromatic heterocycles. The van der Waals surface area contributed by atoms with Crippen LogP contribution in [0, 0.1) is 19.8 Å². The van der Waals surface area contributed by atoms with Crippen LogP contribution in [-0.2, 0) is 17.8 Å². The molecule has 28 heavy (non-hydrogen) atoms. The molecule has 1 saturated heterocycles. The summed E-state index contributed by atoms with van der Waals surface area (Å²) in [5.74, 6) is 2.02. The summed E-state index contributed by atoms with van der Waals surface area (Å²) in [6.45, 7) is 12.9. The van der Waals surface area contributed by atoms with Crippen LogP contribution < -0.4 is 5.32 Å². The Morgan fingerprint density at radius 3 is 2.43 bits per heavy atom. The van der Waals surface area contributed by atoms with Gasteiger partial charge in [0.05, 0.1) is 13.1 Å². The fourth-order valence-electron chi connectivity index (χ4n) is 3.49. The molecule has 0 radical (unpaired) electrons. The second kappa shape index (κ2) is 9.30. The smallest absolute Gasteiger partial charge is 0.240 e. The van der Waals surface area contributed by atoms with Crippen molar-refractivity contribution in [1.82, 2.24) is 19.9 Å². The number of nitrogens with zero attached hydrogens (tertiary/aromatic N) is 4. The number of carbonyl (C=O) groups excluding carboxylic acids is 1. The van der Waals surface area contributed by atoms with Crippen molar-refractivity contribution in [2.45, 2.75) is 40.7 Å². The molecule has 0 aliphatic carbocycles. The third kappa shape index (κ3) is 5.62. The van der Waals surface area contributed by atoms with E-state index in [1.807, 2.05) is 32.0 Å². The number of anilines is 1. The van der Waals surface area contributed by atoms with E-state index in [-0.39, 0.29) is 5.91 Å². The van der Waals surface area contributed by atoms with Crippen molar-refractivity contribution >= 4 is 11.6 Å². The minimum absolute atomic E-state index is 0.0427. The molecule has 1 N–H and O–H groups in total. The maximum Gasteiger partial charge on any atom is 0.240 e. The van der Waals surface area contributed by atoms with Gasteiger partial charge in [-0.15, -0.1) is 0 Å². The van der Waals surface area contributed by atoms with Crippen LogP contribution in [0.25, 0.3) is 0 Å². The Morgan fingerprint density at radius 2 is 1.79 bits per heavy atom. The molecular formula is C21H31N5O2. The van der Waals surface area contributed by atoms with E-state index in [0.717, 1.165) is 55.2 Å². The van der Waals surface area contributed by atoms with Crippen molar-refractivity contribution in [3.8, 4) is 0 Å². The van der Waals surface area contributed by atoms with Crippen LogP contribution in [0.15, 0.2) is 22.7 Å². The zero-order valence-corrected chi connectivity index (χ0v) is 17.4. The van der Waals surface area contributed by atoms with Crippen LogP contribution in [-0.4, -0.2) is 58.6 Å². The van der Waals surface area contributed by atoms with Gasteiger partial charge >= 0.3 is 0 Å². The summed E-state index contributed by atoms with van der Waals surface area (Å²) in [5.41, 5.74) is 3.11. The average molecular weight is 386 g/mol. The van der Waals surface area contributed by atoms with E-state index in [4.69, 9.17) is 4.52 Å². The van der Waals surface area contributed by atoms with E-state index in [1.54, 1.807) is 0 Å². The third-order valence-corrected chi connectivity index (χ3v) is 5.04. The van der Waals surface area contributed by atoms with Gasteiger partial charge in [0.25, 0.3) is 0 Å². The van der Waals surface area contributed by atoms with Crippen molar-refractivity contribution in [2.24, 2.45) is 5.92 Å². The molecule has 0 bridgehead atoms. The molecule has 7 nitrogen and oxygen atoms in total. The quantitative estimate of drug-likeness (QED) is 0.790. The molecule has 1 aliphatic heterocycles. The summed E-state index contributed by atoms with van der Waals surface area (Å²) in [6, 6.07) is 6.05. The van der Waals surface area contributed by atoms with Crippen LogP contribution in [0.5, 0.6) is 0 Å². The minimum Gasteiger partial charge on any atom is -0.338 e. The number of benzene rings is 1. The lowest BCUT2D eigenvalue weighted by molar-refractivity contribution is -0.117. The molecule has 0 atom stereocenters. The Labute approximate surface area is 167 Å². The van der Waals surface area contributed by atoms with Gasteiger partial charge in [-0.05, 0) is 30.9 Å². The molecule has 7 heteroatoms. The maximum atomic E-state index is 12.4. The number of piperazine rings is 1. The van der Waals surface area contributed by atoms with Gasteiger partial charge in [-0.2, -0.15) is 4.98 Å². The lowest BCUT2D eigenvalue weighted by atomic mass is 10.1. The first-order valence-electron chi connectivity index (χ1n) is 10.0. The van der Waals surface area contributed by atoms with Crippen LogP contribution in [0.2, 0.25) is 0 Å². The number of hydrogen-bond acceptors (Lipinski definition) is 6. The van der Waals surface area contributed by atoms with E-state index in [0.29, 0.717) is 24.9 Å². The minimum atomic E-state index is 0.0427. The average Bonchev–Trinajstić information content (AvgIpc) is 3.06. The molecule has 0 unspecified atom stereocenters. The molecular weight excluding hydrogens is 354 g/mol. The second-order valence-corrected chi connectivity index (χ2v) is 8.07. The molecule has 2 heterocycles. The van der Waals surface area contributed by atoms with Crippen molar-refractivity contribution in [3.63, 3.8) is 0 Å². The first-order valence-corrected chi connectivity index (χ1v) is 10.0. The summed E-state index contributed by atoms with van der Waals surface area (Å²) < 4.78 is 5.37. The highest BCUT2D eigenvalue weighted by Gasteiger charge is 2.21. The number of nitrogens with one attached hydrogen (secondary N) is 1. The Balaban J connectivity index is 1.44. The lowest BCUT2D eigenvalue weighted by Gasteiger charge is -2.33. The second-order valence-electron chi connectivity index (χ2n) is 8.07. The summed E-state index contributed by atoms with van der Waals surface area (Å²) in [6.07, 6.45) is 0.840. The zero-order chi connectivity index (χ0) is 20.1. The Bertz CT molecular complexity index is 774. The summed E-state index contributed by atoms with van der Waals surface area (Å²) >= 11 is 0. The fourth-order valence-corrected chi connectivity index (χ4v) is 3.49. The molecule has 0 saturated carbocycles. The zero-order valence-electron chi connectivity index (χ0n) is 17.4. The third-order valence-electron chi connectivity index (χ3n) is 5.04. The molecule has 1 fully saturated rings. The molecule has 3 rings (SSSR count). The number of aromatic nitrogens is 2. The van der Waals surface area contributed by atoms with Gasteiger partial charge in [-0.1, -0.05) is 37.2 Å². The normalized spacial score (nSPS) is 15.9. The summed E-state index contributed by atoms with van der Waals surface area (Å²) in [5, 5.41) is 7.12. The summed E-state index contributed by atoms with van der Waals surface area (Å²) in [4.78, 5) is 21.4. The SMILES string of the molecule is Cc1cccc(C)c1NC(=O)CN1CCN(Cc2nc(CC(C)C)no2)CC1. The molecule has 1 amide bonds. The van der Waals surface area contributed by atoms with E-state index < -0.39 is 0 Å². The van der Waals surface area contributed by atoms with Crippen molar-refractivity contribution in [2.75, 3.05) is 38.0 Å². The number of amides is 1. The molecule has 2 aromatic rings. The topological polar surface area (TPSA) is 74.5 Å². The Kier molecular flexibility index (Phi) is 6.80. The number of hydrogen-bond donors (Lipinski definition) is 1. The molecule has 1 aliphatic rings. The molecule has 1 aromatic carbocycles. The van der Waals surface area contributed by atoms with E-state index in [2.05, 4.69) is 39.1 Å². The highest BCUT2D eigenvalue weighted by molar-refractivity contribution is 5.93. The van der Waals surface area contributed by atoms with E-state index in [1.165, 1.54) is 0 Å². The maximum absolute atomic E-state index is 12.4.